The molecule has 0 bridgehead atoms. The maximum Gasteiger partial charge on any atom is 0.220 e. The first-order valence-corrected chi connectivity index (χ1v) is 31.4. The molecule has 0 spiro atoms. The number of ether oxygens (including phenoxy) is 6. The fourth-order valence-corrected chi connectivity index (χ4v) is 10.9. The fraction of sp³-hybridized carbons (Fsp3) is 0.950. The van der Waals surface area contributed by atoms with Gasteiger partial charge in [-0.1, -0.05) is 219 Å². The highest BCUT2D eigenvalue weighted by molar-refractivity contribution is 5.76. The molecule has 0 aromatic carbocycles. The number of rotatable bonds is 47. The quantitative estimate of drug-likeness (QED) is 0.0240. The lowest BCUT2D eigenvalue weighted by molar-refractivity contribution is -0.380. The molecule has 0 radical (unpaired) electrons. The van der Waals surface area contributed by atoms with Crippen LogP contribution in [-0.4, -0.2) is 193 Å². The van der Waals surface area contributed by atoms with Gasteiger partial charge in [-0.15, -0.1) is 0 Å². The summed E-state index contributed by atoms with van der Waals surface area (Å²) >= 11 is 0. The molecule has 3 fully saturated rings. The summed E-state index contributed by atoms with van der Waals surface area (Å²) in [6.07, 6.45) is 17.3. The molecular weight excluding hydrogens is 1020 g/mol. The van der Waals surface area contributed by atoms with Gasteiger partial charge in [-0.2, -0.15) is 0 Å². The molecule has 0 unspecified atom stereocenters. The van der Waals surface area contributed by atoms with Crippen molar-refractivity contribution in [1.82, 2.24) is 5.32 Å². The molecule has 17 atom stereocenters. The number of hydrogen-bond acceptors (Lipinski definition) is 18. The van der Waals surface area contributed by atoms with Crippen LogP contribution in [0.2, 0.25) is 0 Å². The molecule has 1 amide bonds. The first-order chi connectivity index (χ1) is 38.3. The molecule has 0 aromatic rings. The first-order valence-electron chi connectivity index (χ1n) is 31.4. The molecular formula is C60H113NO18. The summed E-state index contributed by atoms with van der Waals surface area (Å²) < 4.78 is 34.3. The number of nitrogens with one attached hydrogen (secondary N) is 1. The highest BCUT2D eigenvalue weighted by atomic mass is 16.8. The maximum atomic E-state index is 13.3. The maximum absolute atomic E-state index is 13.3. The Balaban J connectivity index is 1.49. The molecule has 19 heteroatoms. The number of aliphatic hydroxyl groups excluding tert-OH is 11. The SMILES string of the molecule is CCCCCCCCCCCCC/C=C/[C@@H](O)[C@H](CO[C@@H]1O[C@H](CO)[C@@H](O[C@@H]2O[C@H](CO)[C@H](O)[C@H](O[C@H]3O[C@H](CO)[C@H](O)[C@H](O)[C@H]3O)[C@H]2O)[C@H](O)[C@H]1O)NC(=O)CCCCCCCCCCCCCCCCCCCCCCC. The van der Waals surface area contributed by atoms with Crippen LogP contribution in [0.15, 0.2) is 12.2 Å². The van der Waals surface area contributed by atoms with Gasteiger partial charge >= 0.3 is 0 Å². The third-order valence-electron chi connectivity index (χ3n) is 16.1. The van der Waals surface area contributed by atoms with Gasteiger partial charge in [0.05, 0.1) is 38.6 Å². The summed E-state index contributed by atoms with van der Waals surface area (Å²) in [6.45, 7) is 1.71. The van der Waals surface area contributed by atoms with Gasteiger partial charge in [0, 0.05) is 6.42 Å². The highest BCUT2D eigenvalue weighted by Crippen LogP contribution is 2.33. The van der Waals surface area contributed by atoms with Crippen LogP contribution in [0.5, 0.6) is 0 Å². The fourth-order valence-electron chi connectivity index (χ4n) is 10.9. The summed E-state index contributed by atoms with van der Waals surface area (Å²) in [5.74, 6) is -0.276. The van der Waals surface area contributed by atoms with Crippen LogP contribution >= 0.6 is 0 Å². The Bertz CT molecular complexity index is 1500. The van der Waals surface area contributed by atoms with Crippen LogP contribution in [0.25, 0.3) is 0 Å². The zero-order chi connectivity index (χ0) is 57.6. The van der Waals surface area contributed by atoms with Crippen molar-refractivity contribution in [3.8, 4) is 0 Å². The lowest BCUT2D eigenvalue weighted by Crippen LogP contribution is -2.67. The van der Waals surface area contributed by atoms with Gasteiger partial charge in [0.25, 0.3) is 0 Å². The molecule has 3 rings (SSSR count). The lowest BCUT2D eigenvalue weighted by atomic mass is 9.96. The van der Waals surface area contributed by atoms with E-state index < -0.39 is 124 Å². The zero-order valence-corrected chi connectivity index (χ0v) is 48.6. The second-order valence-corrected chi connectivity index (χ2v) is 22.9. The van der Waals surface area contributed by atoms with Gasteiger partial charge in [-0.05, 0) is 19.3 Å². The molecule has 3 heterocycles. The minimum absolute atomic E-state index is 0.245. The number of carbonyl (C=O) groups is 1. The van der Waals surface area contributed by atoms with Crippen LogP contribution in [0.4, 0.5) is 0 Å². The number of carbonyl (C=O) groups excluding carboxylic acids is 1. The molecule has 3 aliphatic rings. The number of amides is 1. The Labute approximate surface area is 474 Å². The third-order valence-corrected chi connectivity index (χ3v) is 16.1. The van der Waals surface area contributed by atoms with E-state index in [2.05, 4.69) is 19.2 Å². The summed E-state index contributed by atoms with van der Waals surface area (Å²) in [4.78, 5) is 13.3. The average molecular weight is 1140 g/mol. The van der Waals surface area contributed by atoms with Gasteiger partial charge in [0.1, 0.15) is 73.2 Å². The van der Waals surface area contributed by atoms with E-state index >= 15 is 0 Å². The second-order valence-electron chi connectivity index (χ2n) is 22.9. The Hall–Kier alpha value is -1.47. The zero-order valence-electron chi connectivity index (χ0n) is 48.6. The monoisotopic (exact) mass is 1140 g/mol. The van der Waals surface area contributed by atoms with Crippen molar-refractivity contribution in [2.24, 2.45) is 0 Å². The molecule has 3 aliphatic heterocycles. The largest absolute Gasteiger partial charge is 0.394 e. The Morgan fingerprint density at radius 1 is 0.443 bits per heavy atom. The average Bonchev–Trinajstić information content (AvgIpc) is 3.48. The van der Waals surface area contributed by atoms with Crippen molar-refractivity contribution < 1.29 is 89.4 Å². The second kappa shape index (κ2) is 44.1. The van der Waals surface area contributed by atoms with Gasteiger partial charge in [-0.25, -0.2) is 0 Å². The van der Waals surface area contributed by atoms with E-state index in [4.69, 9.17) is 28.4 Å². The molecule has 3 saturated heterocycles. The standard InChI is InChI=1S/C60H113NO18/c1-3-5-7-9-11-13-15-17-18-19-20-21-22-23-24-26-28-30-32-34-36-38-48(66)61-43(44(65)37-35-33-31-29-27-25-16-14-12-10-8-6-4-2)42-74-58-54(72)52(70)56(47(41-64)77-58)78-60-55(73)57(50(68)46(40-63)76-60)79-59-53(71)51(69)49(67)45(39-62)75-59/h35,37,43-47,49-60,62-65,67-73H,3-34,36,38-42H2,1-2H3,(H,61,66)/b37-35+/t43-,44+,45+,46+,47+,49-,50-,51-,52+,53+,54+,55+,56+,57-,58+,59+,60-/m0/s1. The molecule has 0 aliphatic carbocycles. The van der Waals surface area contributed by atoms with Gasteiger partial charge in [-0.3, -0.25) is 4.79 Å². The Morgan fingerprint density at radius 2 is 0.823 bits per heavy atom. The Morgan fingerprint density at radius 3 is 1.28 bits per heavy atom. The molecule has 466 valence electrons. The van der Waals surface area contributed by atoms with Crippen molar-refractivity contribution in [2.45, 2.75) is 336 Å². The number of allylic oxidation sites excluding steroid dienone is 1. The van der Waals surface area contributed by atoms with Crippen LogP contribution in [0.1, 0.15) is 232 Å². The van der Waals surface area contributed by atoms with E-state index in [-0.39, 0.29) is 18.9 Å². The van der Waals surface area contributed by atoms with Crippen molar-refractivity contribution in [2.75, 3.05) is 26.4 Å². The summed E-state index contributed by atoms with van der Waals surface area (Å²) in [5.41, 5.74) is 0. The van der Waals surface area contributed by atoms with Gasteiger partial charge in [0.15, 0.2) is 18.9 Å². The van der Waals surface area contributed by atoms with Crippen LogP contribution in [-0.2, 0) is 33.2 Å². The number of unbranched alkanes of at least 4 members (excludes halogenated alkanes) is 31. The van der Waals surface area contributed by atoms with Crippen molar-refractivity contribution in [3.63, 3.8) is 0 Å². The van der Waals surface area contributed by atoms with E-state index in [0.717, 1.165) is 44.9 Å². The molecule has 12 N–H and O–H groups in total. The van der Waals surface area contributed by atoms with E-state index in [1.165, 1.54) is 161 Å². The van der Waals surface area contributed by atoms with Crippen LogP contribution in [0, 0.1) is 0 Å². The minimum atomic E-state index is -1.97. The predicted octanol–water partition coefficient (Wildman–Crippen LogP) is 6.16. The highest BCUT2D eigenvalue weighted by Gasteiger charge is 2.54. The van der Waals surface area contributed by atoms with Crippen molar-refractivity contribution in [3.05, 3.63) is 12.2 Å². The van der Waals surface area contributed by atoms with Gasteiger partial charge < -0.3 is 89.9 Å². The summed E-state index contributed by atoms with van der Waals surface area (Å²) in [7, 11) is 0. The van der Waals surface area contributed by atoms with E-state index in [1.54, 1.807) is 6.08 Å². The summed E-state index contributed by atoms with van der Waals surface area (Å²) in [6, 6.07) is -0.973. The minimum Gasteiger partial charge on any atom is -0.394 e. The molecule has 0 aromatic heterocycles. The van der Waals surface area contributed by atoms with Gasteiger partial charge in [0.2, 0.25) is 5.91 Å². The van der Waals surface area contributed by atoms with Crippen molar-refractivity contribution in [1.29, 1.82) is 0 Å². The number of aliphatic hydroxyl groups is 11. The first kappa shape index (κ1) is 71.8. The molecule has 19 nitrogen and oxygen atoms in total. The Kier molecular flexibility index (Phi) is 40.1. The number of hydrogen-bond donors (Lipinski definition) is 12. The molecule has 79 heavy (non-hydrogen) atoms. The smallest absolute Gasteiger partial charge is 0.220 e. The third kappa shape index (κ3) is 27.9. The van der Waals surface area contributed by atoms with E-state index in [0.29, 0.717) is 6.42 Å². The summed E-state index contributed by atoms with van der Waals surface area (Å²) in [5, 5.41) is 120. The topological polar surface area (TPSA) is 307 Å². The predicted molar refractivity (Wildman–Crippen MR) is 300 cm³/mol. The van der Waals surface area contributed by atoms with E-state index in [9.17, 15) is 61.0 Å². The normalized spacial score (nSPS) is 30.3. The van der Waals surface area contributed by atoms with Crippen LogP contribution in [0.3, 0.4) is 0 Å². The van der Waals surface area contributed by atoms with E-state index in [1.807, 2.05) is 6.08 Å². The van der Waals surface area contributed by atoms with Crippen molar-refractivity contribution >= 4 is 5.91 Å². The lowest BCUT2D eigenvalue weighted by Gasteiger charge is -2.48. The van der Waals surface area contributed by atoms with Crippen LogP contribution < -0.4 is 5.32 Å². The molecule has 0 saturated carbocycles.